The van der Waals surface area contributed by atoms with Crippen LogP contribution >= 0.6 is 11.8 Å². The van der Waals surface area contributed by atoms with Crippen molar-refractivity contribution in [2.75, 3.05) is 5.75 Å². The molecule has 2 aromatic carbocycles. The van der Waals surface area contributed by atoms with Gasteiger partial charge in [0.15, 0.2) is 10.9 Å². The summed E-state index contributed by atoms with van der Waals surface area (Å²) in [4.78, 5) is 26.9. The molecule has 34 heavy (non-hydrogen) atoms. The lowest BCUT2D eigenvalue weighted by Crippen LogP contribution is -2.51. The van der Waals surface area contributed by atoms with Gasteiger partial charge in [-0.2, -0.15) is 0 Å². The highest BCUT2D eigenvalue weighted by Crippen LogP contribution is 2.28. The zero-order chi connectivity index (χ0) is 23.5. The molecule has 1 aliphatic heterocycles. The Labute approximate surface area is 200 Å². The number of nitrogens with two attached hydrogens (primary N) is 1. The lowest BCUT2D eigenvalue weighted by atomic mass is 9.93. The molecular weight excluding hydrogens is 450 g/mol. The molecule has 5 rings (SSSR count). The van der Waals surface area contributed by atoms with Crippen molar-refractivity contribution in [3.8, 4) is 11.6 Å². The summed E-state index contributed by atoms with van der Waals surface area (Å²) < 4.78 is 7.48. The van der Waals surface area contributed by atoms with Crippen molar-refractivity contribution in [2.45, 2.75) is 30.7 Å². The molecule has 0 radical (unpaired) electrons. The fraction of sp³-hybridized carbons (Fsp3) is 0.200. The van der Waals surface area contributed by atoms with Gasteiger partial charge in [0.2, 0.25) is 17.6 Å². The molecule has 1 atom stereocenters. The normalized spacial score (nSPS) is 15.2. The lowest BCUT2D eigenvalue weighted by molar-refractivity contribution is -0.138. The van der Waals surface area contributed by atoms with Crippen molar-refractivity contribution in [1.29, 1.82) is 0 Å². The van der Waals surface area contributed by atoms with Crippen LogP contribution in [-0.4, -0.2) is 43.3 Å². The van der Waals surface area contributed by atoms with Gasteiger partial charge in [-0.3, -0.25) is 14.2 Å². The minimum absolute atomic E-state index is 0.108. The molecule has 4 aromatic rings. The van der Waals surface area contributed by atoms with Gasteiger partial charge >= 0.3 is 0 Å². The fourth-order valence-corrected chi connectivity index (χ4v) is 4.96. The second-order valence-electron chi connectivity index (χ2n) is 8.06. The summed E-state index contributed by atoms with van der Waals surface area (Å²) in [6.45, 7) is 0.888. The topological polar surface area (TPSA) is 107 Å². The van der Waals surface area contributed by atoms with E-state index in [0.717, 1.165) is 16.7 Å². The number of aromatic nitrogens is 3. The van der Waals surface area contributed by atoms with Crippen LogP contribution in [0.25, 0.3) is 11.6 Å². The summed E-state index contributed by atoms with van der Waals surface area (Å²) in [5.41, 5.74) is 8.81. The van der Waals surface area contributed by atoms with Gasteiger partial charge in [-0.25, -0.2) is 0 Å². The Balaban J connectivity index is 1.37. The van der Waals surface area contributed by atoms with Crippen molar-refractivity contribution in [2.24, 2.45) is 5.73 Å². The SMILES string of the molecule is NC(=O)[C@H]1Cc2ccccc2CN1C(=O)CSc1nnc(-c2ccco2)n1Cc1ccccc1. The molecule has 0 aliphatic carbocycles. The number of benzene rings is 2. The molecule has 2 aromatic heterocycles. The maximum atomic E-state index is 13.2. The van der Waals surface area contributed by atoms with Crippen LogP contribution in [0.15, 0.2) is 82.6 Å². The standard InChI is InChI=1S/C25H23N5O3S/c26-23(32)20-13-18-9-4-5-10-19(18)15-29(20)22(31)16-34-25-28-27-24(21-11-6-12-33-21)30(25)14-17-7-2-1-3-8-17/h1-12,20H,13-16H2,(H2,26,32)/t20-/m1/s1. The van der Waals surface area contributed by atoms with Crippen molar-refractivity contribution < 1.29 is 14.0 Å². The lowest BCUT2D eigenvalue weighted by Gasteiger charge is -2.35. The fourth-order valence-electron chi connectivity index (χ4n) is 4.14. The minimum Gasteiger partial charge on any atom is -0.461 e. The number of furan rings is 1. The first-order chi connectivity index (χ1) is 16.6. The van der Waals surface area contributed by atoms with Gasteiger partial charge in [-0.15, -0.1) is 10.2 Å². The van der Waals surface area contributed by atoms with E-state index in [1.54, 1.807) is 17.2 Å². The maximum absolute atomic E-state index is 13.2. The smallest absolute Gasteiger partial charge is 0.240 e. The summed E-state index contributed by atoms with van der Waals surface area (Å²) in [6, 6.07) is 20.7. The Hall–Kier alpha value is -3.85. The van der Waals surface area contributed by atoms with E-state index in [-0.39, 0.29) is 11.7 Å². The van der Waals surface area contributed by atoms with E-state index in [0.29, 0.717) is 36.3 Å². The first-order valence-corrected chi connectivity index (χ1v) is 11.9. The zero-order valence-electron chi connectivity index (χ0n) is 18.3. The third-order valence-electron chi connectivity index (χ3n) is 5.86. The van der Waals surface area contributed by atoms with Gasteiger partial charge in [0, 0.05) is 13.0 Å². The molecule has 0 saturated carbocycles. The largest absolute Gasteiger partial charge is 0.461 e. The van der Waals surface area contributed by atoms with E-state index in [2.05, 4.69) is 10.2 Å². The quantitative estimate of drug-likeness (QED) is 0.413. The van der Waals surface area contributed by atoms with Crippen molar-refractivity contribution in [3.63, 3.8) is 0 Å². The van der Waals surface area contributed by atoms with E-state index in [9.17, 15) is 9.59 Å². The summed E-state index contributed by atoms with van der Waals surface area (Å²) in [7, 11) is 0. The van der Waals surface area contributed by atoms with Crippen LogP contribution in [0.5, 0.6) is 0 Å². The number of hydrogen-bond donors (Lipinski definition) is 1. The second-order valence-corrected chi connectivity index (χ2v) is 9.00. The molecule has 9 heteroatoms. The van der Waals surface area contributed by atoms with E-state index in [1.165, 1.54) is 11.8 Å². The number of fused-ring (bicyclic) bond motifs is 1. The van der Waals surface area contributed by atoms with Crippen molar-refractivity contribution >= 4 is 23.6 Å². The van der Waals surface area contributed by atoms with Crippen LogP contribution in [0.4, 0.5) is 0 Å². The summed E-state index contributed by atoms with van der Waals surface area (Å²) in [6.07, 6.45) is 2.01. The summed E-state index contributed by atoms with van der Waals surface area (Å²) in [5, 5.41) is 9.24. The predicted octanol–water partition coefficient (Wildman–Crippen LogP) is 3.12. The van der Waals surface area contributed by atoms with Crippen molar-refractivity contribution in [1.82, 2.24) is 19.7 Å². The molecule has 3 heterocycles. The molecule has 0 spiro atoms. The molecule has 0 saturated heterocycles. The van der Waals surface area contributed by atoms with Crippen LogP contribution in [-0.2, 0) is 29.1 Å². The third-order valence-corrected chi connectivity index (χ3v) is 6.82. The van der Waals surface area contributed by atoms with E-state index >= 15 is 0 Å². The highest BCUT2D eigenvalue weighted by Gasteiger charge is 2.33. The Morgan fingerprint density at radius 1 is 1.00 bits per heavy atom. The second kappa shape index (κ2) is 9.56. The predicted molar refractivity (Wildman–Crippen MR) is 128 cm³/mol. The summed E-state index contributed by atoms with van der Waals surface area (Å²) >= 11 is 1.29. The van der Waals surface area contributed by atoms with Crippen LogP contribution in [0.2, 0.25) is 0 Å². The number of thioether (sulfide) groups is 1. The average molecular weight is 474 g/mol. The Morgan fingerprint density at radius 3 is 2.50 bits per heavy atom. The average Bonchev–Trinajstić information content (AvgIpc) is 3.52. The number of primary amides is 1. The number of carbonyl (C=O) groups excluding carboxylic acids is 2. The molecule has 0 fully saturated rings. The Kier molecular flexibility index (Phi) is 6.18. The van der Waals surface area contributed by atoms with Crippen LogP contribution < -0.4 is 5.73 Å². The first kappa shape index (κ1) is 22.0. The van der Waals surface area contributed by atoms with E-state index < -0.39 is 11.9 Å². The number of amides is 2. The zero-order valence-corrected chi connectivity index (χ0v) is 19.1. The van der Waals surface area contributed by atoms with Gasteiger partial charge in [-0.05, 0) is 28.8 Å². The first-order valence-electron chi connectivity index (χ1n) is 10.9. The maximum Gasteiger partial charge on any atom is 0.240 e. The molecule has 172 valence electrons. The third kappa shape index (κ3) is 4.47. The summed E-state index contributed by atoms with van der Waals surface area (Å²) in [5.74, 6) is 0.628. The number of nitrogens with zero attached hydrogens (tertiary/aromatic N) is 4. The van der Waals surface area contributed by atoms with E-state index in [1.807, 2.05) is 65.2 Å². The Bertz CT molecular complexity index is 1300. The molecule has 2 N–H and O–H groups in total. The van der Waals surface area contributed by atoms with Gasteiger partial charge in [0.25, 0.3) is 0 Å². The molecule has 1 aliphatic rings. The molecule has 2 amide bonds. The molecular formula is C25H23N5O3S. The highest BCUT2D eigenvalue weighted by molar-refractivity contribution is 7.99. The molecule has 8 nitrogen and oxygen atoms in total. The van der Waals surface area contributed by atoms with Gasteiger partial charge in [0.1, 0.15) is 6.04 Å². The highest BCUT2D eigenvalue weighted by atomic mass is 32.2. The Morgan fingerprint density at radius 2 is 1.76 bits per heavy atom. The van der Waals surface area contributed by atoms with Crippen LogP contribution in [0.1, 0.15) is 16.7 Å². The van der Waals surface area contributed by atoms with Gasteiger partial charge < -0.3 is 15.1 Å². The number of hydrogen-bond acceptors (Lipinski definition) is 6. The van der Waals surface area contributed by atoms with Crippen LogP contribution in [0.3, 0.4) is 0 Å². The van der Waals surface area contributed by atoms with Crippen LogP contribution in [0, 0.1) is 0 Å². The van der Waals surface area contributed by atoms with Gasteiger partial charge in [0.05, 0.1) is 18.6 Å². The monoisotopic (exact) mass is 473 g/mol. The minimum atomic E-state index is -0.663. The van der Waals surface area contributed by atoms with Crippen molar-refractivity contribution in [3.05, 3.63) is 89.7 Å². The number of rotatable bonds is 7. The number of carbonyl (C=O) groups is 2. The molecule has 0 bridgehead atoms. The molecule has 0 unspecified atom stereocenters. The van der Waals surface area contributed by atoms with E-state index in [4.69, 9.17) is 10.2 Å². The van der Waals surface area contributed by atoms with Gasteiger partial charge in [-0.1, -0.05) is 66.4 Å².